The molecule has 2 rings (SSSR count). The molecule has 1 aromatic carbocycles. The van der Waals surface area contributed by atoms with Crippen LogP contribution < -0.4 is 4.98 Å². The van der Waals surface area contributed by atoms with Gasteiger partial charge >= 0.3 is 0 Å². The van der Waals surface area contributed by atoms with Crippen LogP contribution in [0.2, 0.25) is 0 Å². The topological polar surface area (TPSA) is 14.1 Å². The molecule has 0 saturated carbocycles. The van der Waals surface area contributed by atoms with Gasteiger partial charge in [-0.3, -0.25) is 0 Å². The Balaban J connectivity index is 0.000000980. The fraction of sp³-hybridized carbons (Fsp3) is 0. The van der Waals surface area contributed by atoms with E-state index in [1.54, 1.807) is 6.08 Å². The zero-order valence-corrected chi connectivity index (χ0v) is 10.9. The standard InChI is InChI=1S/C12H10N.Am/c1-3-9-10-7-5-6-8-12(10)13-11(9)4-2;/h3-8H,1-2H2;/q-1;. The van der Waals surface area contributed by atoms with Gasteiger partial charge in [-0.2, -0.15) is 0 Å². The molecule has 0 atom stereocenters. The first-order valence-electron chi connectivity index (χ1n) is 4.17. The third kappa shape index (κ3) is 1.50. The maximum atomic E-state index is 4.41. The van der Waals surface area contributed by atoms with Crippen LogP contribution in [-0.2, 0) is 0 Å². The minimum atomic E-state index is 0. The predicted molar refractivity (Wildman–Crippen MR) is 57.5 cm³/mol. The van der Waals surface area contributed by atoms with Gasteiger partial charge in [0, 0.05) is 14.3 Å². The van der Waals surface area contributed by atoms with Gasteiger partial charge in [-0.1, -0.05) is 43.0 Å². The Kier molecular flexibility index (Phi) is 3.23. The fourth-order valence-corrected chi connectivity index (χ4v) is 1.50. The van der Waals surface area contributed by atoms with Crippen molar-refractivity contribution in [1.29, 1.82) is 0 Å². The van der Waals surface area contributed by atoms with Crippen molar-refractivity contribution in [3.63, 3.8) is 0 Å². The third-order valence-corrected chi connectivity index (χ3v) is 2.11. The number of aromatic nitrogens is 1. The molecule has 2 aromatic rings. The molecule has 0 fully saturated rings. The van der Waals surface area contributed by atoms with Crippen molar-refractivity contribution >= 4 is 23.1 Å². The summed E-state index contributed by atoms with van der Waals surface area (Å²) in [7, 11) is 0. The number of hydrogen-bond donors (Lipinski definition) is 0. The first kappa shape index (κ1) is 10.7. The zero-order valence-electron chi connectivity index (χ0n) is 7.70. The Morgan fingerprint density at radius 3 is 2.43 bits per heavy atom. The summed E-state index contributed by atoms with van der Waals surface area (Å²) in [4.78, 5) is 4.41. The van der Waals surface area contributed by atoms with Gasteiger partial charge < -0.3 is 4.98 Å². The molecule has 1 radical (unpaired) electrons. The maximum Gasteiger partial charge on any atom is 0 e. The average Bonchev–Trinajstić information content (AvgIpc) is 2.55. The monoisotopic (exact) mass is 409 g/mol. The molecule has 1 aromatic heterocycles. The van der Waals surface area contributed by atoms with Crippen molar-refractivity contribution in [3.8, 4) is 0 Å². The van der Waals surface area contributed by atoms with E-state index in [2.05, 4.69) is 18.1 Å². The van der Waals surface area contributed by atoms with Crippen LogP contribution in [0.5, 0.6) is 0 Å². The summed E-state index contributed by atoms with van der Waals surface area (Å²) in [5, 5.41) is 1.15. The smallest absolute Gasteiger partial charge is 0 e. The minimum Gasteiger partial charge on any atom is -0.657 e. The molecule has 0 aliphatic carbocycles. The van der Waals surface area contributed by atoms with Crippen LogP contribution in [0.15, 0.2) is 37.4 Å². The van der Waals surface area contributed by atoms with Crippen LogP contribution >= 0.6 is 0 Å². The van der Waals surface area contributed by atoms with Crippen LogP contribution in [0.3, 0.4) is 0 Å². The van der Waals surface area contributed by atoms with Crippen molar-refractivity contribution < 1.29 is 14.3 Å². The summed E-state index contributed by atoms with van der Waals surface area (Å²) in [6.07, 6.45) is 3.59. The first-order chi connectivity index (χ1) is 6.36. The molecule has 1 heterocycles. The van der Waals surface area contributed by atoms with Crippen LogP contribution in [0.4, 0.5) is 0 Å². The largest absolute Gasteiger partial charge is 0.657 e. The summed E-state index contributed by atoms with van der Waals surface area (Å²) in [5.41, 5.74) is 2.99. The van der Waals surface area contributed by atoms with Gasteiger partial charge in [0.25, 0.3) is 0 Å². The number of benzene rings is 1. The summed E-state index contributed by atoms with van der Waals surface area (Å²) < 4.78 is 0. The van der Waals surface area contributed by atoms with Crippen molar-refractivity contribution in [3.05, 3.63) is 48.7 Å². The first-order valence-corrected chi connectivity index (χ1v) is 4.17. The summed E-state index contributed by atoms with van der Waals surface area (Å²) in [6.45, 7) is 7.50. The van der Waals surface area contributed by atoms with Gasteiger partial charge in [-0.25, -0.2) is 0 Å². The third-order valence-electron chi connectivity index (χ3n) is 2.11. The molecule has 14 heavy (non-hydrogen) atoms. The van der Waals surface area contributed by atoms with Crippen molar-refractivity contribution in [2.45, 2.75) is 0 Å². The summed E-state index contributed by atoms with van der Waals surface area (Å²) >= 11 is 0. The Bertz CT molecular complexity index is 468. The van der Waals surface area contributed by atoms with Gasteiger partial charge in [0.1, 0.15) is 0 Å². The zero-order chi connectivity index (χ0) is 9.26. The Morgan fingerprint density at radius 2 is 1.79 bits per heavy atom. The molecule has 2 heteroatoms. The molecule has 0 N–H and O–H groups in total. The van der Waals surface area contributed by atoms with Gasteiger partial charge in [-0.15, -0.1) is 17.8 Å². The van der Waals surface area contributed by atoms with E-state index < -0.39 is 0 Å². The van der Waals surface area contributed by atoms with Crippen LogP contribution in [0.25, 0.3) is 23.1 Å². The molecule has 71 valence electrons. The summed E-state index contributed by atoms with van der Waals surface area (Å²) in [5.74, 6) is 0. The number of nitrogens with zero attached hydrogens (tertiary/aromatic N) is 1. The molecule has 0 unspecified atom stereocenters. The van der Waals surface area contributed by atoms with Crippen molar-refractivity contribution in [2.75, 3.05) is 0 Å². The normalized spacial score (nSPS) is 9.43. The maximum absolute atomic E-state index is 4.41. The second-order valence-corrected chi connectivity index (χ2v) is 2.84. The van der Waals surface area contributed by atoms with Crippen LogP contribution in [0.1, 0.15) is 11.3 Å². The predicted octanol–water partition coefficient (Wildman–Crippen LogP) is 3.08. The van der Waals surface area contributed by atoms with E-state index in [1.165, 1.54) is 0 Å². The van der Waals surface area contributed by atoms with E-state index in [1.807, 2.05) is 30.3 Å². The quantitative estimate of drug-likeness (QED) is 0.741. The fourth-order valence-electron chi connectivity index (χ4n) is 1.50. The van der Waals surface area contributed by atoms with Gasteiger partial charge in [0.2, 0.25) is 0 Å². The van der Waals surface area contributed by atoms with Gasteiger partial charge in [-0.05, 0) is 10.9 Å². The van der Waals surface area contributed by atoms with E-state index in [-0.39, 0.29) is 14.3 Å². The molecule has 1 nitrogen and oxygen atoms in total. The molecule has 0 aliphatic rings. The minimum absolute atomic E-state index is 0. The van der Waals surface area contributed by atoms with Crippen molar-refractivity contribution in [1.82, 2.24) is 4.98 Å². The van der Waals surface area contributed by atoms with Crippen LogP contribution in [0, 0.1) is 14.3 Å². The number of hydrogen-bond acceptors (Lipinski definition) is 0. The molecule has 0 amide bonds. The van der Waals surface area contributed by atoms with E-state index in [0.29, 0.717) is 0 Å². The number of para-hydroxylation sites is 1. The van der Waals surface area contributed by atoms with Gasteiger partial charge in [0.05, 0.1) is 0 Å². The Morgan fingerprint density at radius 1 is 1.07 bits per heavy atom. The number of rotatable bonds is 2. The molecule has 0 aliphatic heterocycles. The van der Waals surface area contributed by atoms with Crippen molar-refractivity contribution in [2.24, 2.45) is 0 Å². The van der Waals surface area contributed by atoms with E-state index in [0.717, 1.165) is 22.2 Å². The molecular formula is C12H10AmN-. The Labute approximate surface area is 91.3 Å². The summed E-state index contributed by atoms with van der Waals surface area (Å²) in [6, 6.07) is 8.03. The molecular weight excluding hydrogens is 401 g/mol. The molecule has 0 saturated heterocycles. The van der Waals surface area contributed by atoms with E-state index >= 15 is 0 Å². The number of fused-ring (bicyclic) bond motifs is 1. The molecule has 0 bridgehead atoms. The van der Waals surface area contributed by atoms with Crippen LogP contribution in [-0.4, -0.2) is 0 Å². The van der Waals surface area contributed by atoms with Gasteiger partial charge in [0.15, 0.2) is 0 Å². The van der Waals surface area contributed by atoms with E-state index in [9.17, 15) is 0 Å². The second kappa shape index (κ2) is 4.23. The second-order valence-electron chi connectivity index (χ2n) is 2.84. The molecule has 0 spiro atoms. The Hall–Kier alpha value is -1.37. The average molecular weight is 411 g/mol. The van der Waals surface area contributed by atoms with E-state index in [4.69, 9.17) is 0 Å². The SMILES string of the molecule is C=Cc1[n-]c2ccccc2c1C=C.[Am].